The van der Waals surface area contributed by atoms with Gasteiger partial charge in [-0.1, -0.05) is 6.07 Å². The van der Waals surface area contributed by atoms with Gasteiger partial charge in [0, 0.05) is 14.1 Å². The highest BCUT2D eigenvalue weighted by Gasteiger charge is 2.10. The van der Waals surface area contributed by atoms with Gasteiger partial charge in [-0.3, -0.25) is 0 Å². The molecule has 1 aromatic carbocycles. The maximum absolute atomic E-state index is 13.2. The van der Waals surface area contributed by atoms with Crippen LogP contribution in [0, 0.1) is 12.7 Å². The van der Waals surface area contributed by atoms with Crippen molar-refractivity contribution in [3.8, 4) is 5.75 Å². The number of amides is 1. The molecule has 0 atom stereocenters. The SMILES string of the molecule is Cc1ccc(OC(=O)N(C)C)c(F)c1. The molecule has 0 N–H and O–H groups in total. The lowest BCUT2D eigenvalue weighted by molar-refractivity contribution is 0.170. The highest BCUT2D eigenvalue weighted by Crippen LogP contribution is 2.18. The first-order valence-electron chi connectivity index (χ1n) is 4.16. The molecule has 0 aliphatic carbocycles. The van der Waals surface area contributed by atoms with Crippen molar-refractivity contribution in [2.75, 3.05) is 14.1 Å². The fourth-order valence-corrected chi connectivity index (χ4v) is 0.874. The molecule has 0 heterocycles. The van der Waals surface area contributed by atoms with E-state index < -0.39 is 11.9 Å². The molecule has 3 nitrogen and oxygen atoms in total. The smallest absolute Gasteiger partial charge is 0.407 e. The van der Waals surface area contributed by atoms with Crippen LogP contribution in [0.1, 0.15) is 5.56 Å². The molecule has 76 valence electrons. The van der Waals surface area contributed by atoms with E-state index in [1.54, 1.807) is 13.0 Å². The number of carbonyl (C=O) groups is 1. The lowest BCUT2D eigenvalue weighted by Crippen LogP contribution is -2.25. The zero-order chi connectivity index (χ0) is 10.7. The van der Waals surface area contributed by atoms with E-state index in [0.29, 0.717) is 0 Å². The lowest BCUT2D eigenvalue weighted by atomic mass is 10.2. The van der Waals surface area contributed by atoms with Gasteiger partial charge in [-0.25, -0.2) is 9.18 Å². The second-order valence-corrected chi connectivity index (χ2v) is 3.20. The first-order chi connectivity index (χ1) is 6.50. The van der Waals surface area contributed by atoms with Crippen LogP contribution >= 0.6 is 0 Å². The Hall–Kier alpha value is -1.58. The first kappa shape index (κ1) is 10.5. The van der Waals surface area contributed by atoms with Crippen LogP contribution in [-0.2, 0) is 0 Å². The lowest BCUT2D eigenvalue weighted by Gasteiger charge is -2.11. The van der Waals surface area contributed by atoms with E-state index >= 15 is 0 Å². The highest BCUT2D eigenvalue weighted by molar-refractivity contribution is 5.70. The van der Waals surface area contributed by atoms with Gasteiger partial charge >= 0.3 is 6.09 Å². The van der Waals surface area contributed by atoms with E-state index in [1.807, 2.05) is 0 Å². The Labute approximate surface area is 82.1 Å². The predicted molar refractivity (Wildman–Crippen MR) is 50.8 cm³/mol. The largest absolute Gasteiger partial charge is 0.414 e. The number of benzene rings is 1. The maximum Gasteiger partial charge on any atom is 0.414 e. The molecule has 0 bridgehead atoms. The van der Waals surface area contributed by atoms with Gasteiger partial charge in [-0.05, 0) is 24.6 Å². The maximum atomic E-state index is 13.2. The molecule has 4 heteroatoms. The minimum atomic E-state index is -0.590. The summed E-state index contributed by atoms with van der Waals surface area (Å²) in [4.78, 5) is 12.3. The van der Waals surface area contributed by atoms with Gasteiger partial charge in [-0.15, -0.1) is 0 Å². The van der Waals surface area contributed by atoms with Crippen LogP contribution in [0.25, 0.3) is 0 Å². The Morgan fingerprint density at radius 1 is 1.43 bits per heavy atom. The molecule has 14 heavy (non-hydrogen) atoms. The van der Waals surface area contributed by atoms with Crippen molar-refractivity contribution < 1.29 is 13.9 Å². The third-order valence-electron chi connectivity index (χ3n) is 1.65. The summed E-state index contributed by atoms with van der Waals surface area (Å²) in [6.45, 7) is 1.76. The van der Waals surface area contributed by atoms with Crippen LogP contribution in [0.15, 0.2) is 18.2 Å². The van der Waals surface area contributed by atoms with E-state index in [2.05, 4.69) is 0 Å². The van der Waals surface area contributed by atoms with Crippen molar-refractivity contribution in [1.82, 2.24) is 4.90 Å². The van der Waals surface area contributed by atoms with Crippen LogP contribution in [-0.4, -0.2) is 25.1 Å². The summed E-state index contributed by atoms with van der Waals surface area (Å²) in [5.41, 5.74) is 0.784. The molecule has 0 aliphatic heterocycles. The van der Waals surface area contributed by atoms with E-state index in [0.717, 1.165) is 5.56 Å². The van der Waals surface area contributed by atoms with Crippen LogP contribution in [0.2, 0.25) is 0 Å². The van der Waals surface area contributed by atoms with Crippen molar-refractivity contribution >= 4 is 6.09 Å². The van der Waals surface area contributed by atoms with Gasteiger partial charge in [0.25, 0.3) is 0 Å². The summed E-state index contributed by atoms with van der Waals surface area (Å²) in [6.07, 6.45) is -0.590. The number of hydrogen-bond donors (Lipinski definition) is 0. The molecule has 0 saturated heterocycles. The molecule has 0 spiro atoms. The number of aryl methyl sites for hydroxylation is 1. The van der Waals surface area contributed by atoms with Gasteiger partial charge < -0.3 is 9.64 Å². The predicted octanol–water partition coefficient (Wildman–Crippen LogP) is 2.19. The minimum Gasteiger partial charge on any atom is -0.407 e. The molecule has 1 aromatic rings. The molecule has 0 fully saturated rings. The Morgan fingerprint density at radius 3 is 2.57 bits per heavy atom. The number of hydrogen-bond acceptors (Lipinski definition) is 2. The molecular weight excluding hydrogens is 185 g/mol. The average Bonchev–Trinajstić information content (AvgIpc) is 2.09. The zero-order valence-electron chi connectivity index (χ0n) is 8.37. The van der Waals surface area contributed by atoms with E-state index in [1.165, 1.54) is 31.1 Å². The zero-order valence-corrected chi connectivity index (χ0v) is 8.37. The number of rotatable bonds is 1. The summed E-state index contributed by atoms with van der Waals surface area (Å²) in [5.74, 6) is -0.575. The fraction of sp³-hybridized carbons (Fsp3) is 0.300. The third kappa shape index (κ3) is 2.45. The van der Waals surface area contributed by atoms with Gasteiger partial charge in [0.1, 0.15) is 0 Å². The summed E-state index contributed by atoms with van der Waals surface area (Å²) >= 11 is 0. The molecule has 0 saturated carbocycles. The van der Waals surface area contributed by atoms with Crippen molar-refractivity contribution in [3.05, 3.63) is 29.6 Å². The topological polar surface area (TPSA) is 29.5 Å². The van der Waals surface area contributed by atoms with Gasteiger partial charge in [0.05, 0.1) is 0 Å². The van der Waals surface area contributed by atoms with Crippen molar-refractivity contribution in [2.45, 2.75) is 6.92 Å². The molecule has 0 aliphatic rings. The Bertz CT molecular complexity index is 350. The van der Waals surface area contributed by atoms with Gasteiger partial charge in [0.15, 0.2) is 11.6 Å². The Morgan fingerprint density at radius 2 is 2.07 bits per heavy atom. The quantitative estimate of drug-likeness (QED) is 0.690. The average molecular weight is 197 g/mol. The number of halogens is 1. The standard InChI is InChI=1S/C10H12FNO2/c1-7-4-5-9(8(11)6-7)14-10(13)12(2)3/h4-6H,1-3H3. The minimum absolute atomic E-state index is 0.0469. The summed E-state index contributed by atoms with van der Waals surface area (Å²) in [6, 6.07) is 4.44. The summed E-state index contributed by atoms with van der Waals surface area (Å²) < 4.78 is 18.0. The molecule has 1 rings (SSSR count). The second-order valence-electron chi connectivity index (χ2n) is 3.20. The molecule has 0 unspecified atom stereocenters. The van der Waals surface area contributed by atoms with Crippen LogP contribution < -0.4 is 4.74 Å². The Balaban J connectivity index is 2.82. The first-order valence-corrected chi connectivity index (χ1v) is 4.16. The molecule has 0 aromatic heterocycles. The van der Waals surface area contributed by atoms with Crippen molar-refractivity contribution in [2.24, 2.45) is 0 Å². The van der Waals surface area contributed by atoms with E-state index in [9.17, 15) is 9.18 Å². The normalized spacial score (nSPS) is 9.71. The summed E-state index contributed by atoms with van der Waals surface area (Å²) in [7, 11) is 3.07. The van der Waals surface area contributed by atoms with Crippen molar-refractivity contribution in [1.29, 1.82) is 0 Å². The van der Waals surface area contributed by atoms with Crippen LogP contribution in [0.4, 0.5) is 9.18 Å². The third-order valence-corrected chi connectivity index (χ3v) is 1.65. The Kier molecular flexibility index (Phi) is 3.06. The summed E-state index contributed by atoms with van der Waals surface area (Å²) in [5, 5.41) is 0. The van der Waals surface area contributed by atoms with Crippen LogP contribution in [0.3, 0.4) is 0 Å². The fourth-order valence-electron chi connectivity index (χ4n) is 0.874. The highest BCUT2D eigenvalue weighted by atomic mass is 19.1. The van der Waals surface area contributed by atoms with Crippen LogP contribution in [0.5, 0.6) is 5.75 Å². The van der Waals surface area contributed by atoms with Gasteiger partial charge in [-0.2, -0.15) is 0 Å². The molecular formula is C10H12FNO2. The number of carbonyl (C=O) groups excluding carboxylic acids is 1. The van der Waals surface area contributed by atoms with E-state index in [4.69, 9.17) is 4.74 Å². The van der Waals surface area contributed by atoms with E-state index in [-0.39, 0.29) is 5.75 Å². The molecule has 0 radical (unpaired) electrons. The number of ether oxygens (including phenoxy) is 1. The molecule has 1 amide bonds. The van der Waals surface area contributed by atoms with Crippen molar-refractivity contribution in [3.63, 3.8) is 0 Å². The number of nitrogens with zero attached hydrogens (tertiary/aromatic N) is 1. The monoisotopic (exact) mass is 197 g/mol. The second kappa shape index (κ2) is 4.09. The van der Waals surface area contributed by atoms with Gasteiger partial charge in [0.2, 0.25) is 0 Å².